The summed E-state index contributed by atoms with van der Waals surface area (Å²) in [5.41, 5.74) is 6.24. The first-order valence-corrected chi connectivity index (χ1v) is 6.11. The summed E-state index contributed by atoms with van der Waals surface area (Å²) in [6.07, 6.45) is -0.0195. The van der Waals surface area contributed by atoms with Gasteiger partial charge in [-0.25, -0.2) is 4.39 Å². The Hall–Kier alpha value is -1.17. The molecule has 1 heterocycles. The highest BCUT2D eigenvalue weighted by Gasteiger charge is 2.19. The number of hydrogen-bond acceptors (Lipinski definition) is 4. The van der Waals surface area contributed by atoms with E-state index in [-0.39, 0.29) is 24.2 Å². The molecule has 2 rings (SSSR count). The molecule has 0 saturated carbocycles. The molecule has 0 amide bonds. The van der Waals surface area contributed by atoms with E-state index in [0.29, 0.717) is 18.8 Å². The van der Waals surface area contributed by atoms with Crippen molar-refractivity contribution in [2.24, 2.45) is 5.73 Å². The number of rotatable bonds is 4. The predicted octanol–water partition coefficient (Wildman–Crippen LogP) is 0.994. The summed E-state index contributed by atoms with van der Waals surface area (Å²) in [5.74, 6) is -0.126. The van der Waals surface area contributed by atoms with Crippen LogP contribution >= 0.6 is 0 Å². The monoisotopic (exact) mass is 254 g/mol. The van der Waals surface area contributed by atoms with Gasteiger partial charge in [-0.05, 0) is 13.1 Å². The standard InChI is InChI=1S/C13H19FN2O2/c1-16-5-6-17-11(8-16)9-18-13-10(7-15)3-2-4-12(13)14/h2-4,11H,5-9,15H2,1H3. The number of halogens is 1. The van der Waals surface area contributed by atoms with Crippen LogP contribution in [0.1, 0.15) is 5.56 Å². The fourth-order valence-corrected chi connectivity index (χ4v) is 2.02. The number of ether oxygens (including phenoxy) is 2. The lowest BCUT2D eigenvalue weighted by atomic mass is 10.2. The van der Waals surface area contributed by atoms with Crippen molar-refractivity contribution in [3.8, 4) is 5.75 Å². The minimum atomic E-state index is -0.373. The van der Waals surface area contributed by atoms with Crippen molar-refractivity contribution in [1.29, 1.82) is 0 Å². The van der Waals surface area contributed by atoms with Crippen molar-refractivity contribution in [2.45, 2.75) is 12.6 Å². The van der Waals surface area contributed by atoms with Crippen LogP contribution in [-0.4, -0.2) is 44.4 Å². The van der Waals surface area contributed by atoms with E-state index in [4.69, 9.17) is 15.2 Å². The van der Waals surface area contributed by atoms with Gasteiger partial charge in [0, 0.05) is 25.2 Å². The molecule has 0 bridgehead atoms. The predicted molar refractivity (Wildman–Crippen MR) is 67.0 cm³/mol. The van der Waals surface area contributed by atoms with E-state index in [2.05, 4.69) is 4.90 Å². The summed E-state index contributed by atoms with van der Waals surface area (Å²) in [6, 6.07) is 4.78. The van der Waals surface area contributed by atoms with Gasteiger partial charge in [0.2, 0.25) is 0 Å². The van der Waals surface area contributed by atoms with Crippen LogP contribution in [0.25, 0.3) is 0 Å². The number of likely N-dealkylation sites (N-methyl/N-ethyl adjacent to an activating group) is 1. The quantitative estimate of drug-likeness (QED) is 0.870. The van der Waals surface area contributed by atoms with Gasteiger partial charge in [0.15, 0.2) is 11.6 Å². The van der Waals surface area contributed by atoms with E-state index >= 15 is 0 Å². The summed E-state index contributed by atoms with van der Waals surface area (Å²) in [4.78, 5) is 2.17. The maximum absolute atomic E-state index is 13.6. The third-order valence-electron chi connectivity index (χ3n) is 3.02. The van der Waals surface area contributed by atoms with Crippen molar-refractivity contribution < 1.29 is 13.9 Å². The first-order valence-electron chi connectivity index (χ1n) is 6.11. The summed E-state index contributed by atoms with van der Waals surface area (Å²) >= 11 is 0. The normalized spacial score (nSPS) is 20.9. The molecule has 1 saturated heterocycles. The number of hydrogen-bond donors (Lipinski definition) is 1. The molecule has 1 aliphatic rings. The van der Waals surface area contributed by atoms with Crippen molar-refractivity contribution in [2.75, 3.05) is 33.4 Å². The molecular weight excluding hydrogens is 235 g/mol. The number of morpholine rings is 1. The largest absolute Gasteiger partial charge is 0.487 e. The highest BCUT2D eigenvalue weighted by Crippen LogP contribution is 2.22. The fraction of sp³-hybridized carbons (Fsp3) is 0.538. The minimum Gasteiger partial charge on any atom is -0.487 e. The van der Waals surface area contributed by atoms with Crippen LogP contribution in [-0.2, 0) is 11.3 Å². The Bertz CT molecular complexity index is 401. The number of benzene rings is 1. The molecule has 1 aromatic rings. The lowest BCUT2D eigenvalue weighted by Gasteiger charge is -2.30. The summed E-state index contributed by atoms with van der Waals surface area (Å²) in [5, 5.41) is 0. The van der Waals surface area contributed by atoms with Gasteiger partial charge in [-0.15, -0.1) is 0 Å². The molecule has 1 atom stereocenters. The van der Waals surface area contributed by atoms with Crippen LogP contribution in [0, 0.1) is 5.82 Å². The van der Waals surface area contributed by atoms with Crippen molar-refractivity contribution >= 4 is 0 Å². The molecule has 4 nitrogen and oxygen atoms in total. The minimum absolute atomic E-state index is 0.0195. The molecule has 5 heteroatoms. The van der Waals surface area contributed by atoms with Gasteiger partial charge in [0.25, 0.3) is 0 Å². The number of para-hydroxylation sites is 1. The Balaban J connectivity index is 1.97. The first-order chi connectivity index (χ1) is 8.70. The second-order valence-corrected chi connectivity index (χ2v) is 4.50. The van der Waals surface area contributed by atoms with E-state index in [0.717, 1.165) is 13.1 Å². The molecule has 2 N–H and O–H groups in total. The fourth-order valence-electron chi connectivity index (χ4n) is 2.02. The van der Waals surface area contributed by atoms with Crippen LogP contribution in [0.15, 0.2) is 18.2 Å². The lowest BCUT2D eigenvalue weighted by Crippen LogP contribution is -2.42. The van der Waals surface area contributed by atoms with Crippen molar-refractivity contribution in [3.63, 3.8) is 0 Å². The maximum atomic E-state index is 13.6. The van der Waals surface area contributed by atoms with Gasteiger partial charge in [-0.1, -0.05) is 12.1 Å². The second-order valence-electron chi connectivity index (χ2n) is 4.50. The highest BCUT2D eigenvalue weighted by molar-refractivity contribution is 5.34. The first kappa shape index (κ1) is 13.3. The zero-order chi connectivity index (χ0) is 13.0. The Morgan fingerprint density at radius 2 is 2.39 bits per heavy atom. The Kier molecular flexibility index (Phi) is 4.52. The van der Waals surface area contributed by atoms with Crippen LogP contribution in [0.3, 0.4) is 0 Å². The highest BCUT2D eigenvalue weighted by atomic mass is 19.1. The molecule has 1 fully saturated rings. The number of nitrogens with two attached hydrogens (primary N) is 1. The second kappa shape index (κ2) is 6.13. The molecule has 0 aliphatic carbocycles. The molecule has 1 aliphatic heterocycles. The SMILES string of the molecule is CN1CCOC(COc2c(F)cccc2CN)C1. The molecule has 1 aromatic carbocycles. The zero-order valence-corrected chi connectivity index (χ0v) is 10.6. The molecule has 0 radical (unpaired) electrons. The average molecular weight is 254 g/mol. The van der Waals surface area contributed by atoms with Gasteiger partial charge in [-0.2, -0.15) is 0 Å². The van der Waals surface area contributed by atoms with Crippen LogP contribution in [0.2, 0.25) is 0 Å². The van der Waals surface area contributed by atoms with Crippen LogP contribution in [0.5, 0.6) is 5.75 Å². The summed E-state index contributed by atoms with van der Waals surface area (Å²) in [6.45, 7) is 3.01. The smallest absolute Gasteiger partial charge is 0.165 e. The average Bonchev–Trinajstić information content (AvgIpc) is 2.37. The molecule has 1 unspecified atom stereocenters. The third kappa shape index (κ3) is 3.19. The van der Waals surface area contributed by atoms with Crippen molar-refractivity contribution in [3.05, 3.63) is 29.6 Å². The molecule has 0 aromatic heterocycles. The maximum Gasteiger partial charge on any atom is 0.165 e. The topological polar surface area (TPSA) is 47.7 Å². The van der Waals surface area contributed by atoms with Gasteiger partial charge < -0.3 is 20.1 Å². The van der Waals surface area contributed by atoms with Crippen LogP contribution < -0.4 is 10.5 Å². The Morgan fingerprint density at radius 3 is 3.11 bits per heavy atom. The van der Waals surface area contributed by atoms with Crippen LogP contribution in [0.4, 0.5) is 4.39 Å². The van der Waals surface area contributed by atoms with E-state index in [9.17, 15) is 4.39 Å². The summed E-state index contributed by atoms with van der Waals surface area (Å²) in [7, 11) is 2.03. The Labute approximate surface area is 106 Å². The van der Waals surface area contributed by atoms with E-state index < -0.39 is 0 Å². The van der Waals surface area contributed by atoms with Gasteiger partial charge in [-0.3, -0.25) is 0 Å². The molecule has 0 spiro atoms. The summed E-state index contributed by atoms with van der Waals surface area (Å²) < 4.78 is 24.7. The number of nitrogens with zero attached hydrogens (tertiary/aromatic N) is 1. The van der Waals surface area contributed by atoms with Gasteiger partial charge in [0.05, 0.1) is 6.61 Å². The molecule has 100 valence electrons. The third-order valence-corrected chi connectivity index (χ3v) is 3.02. The zero-order valence-electron chi connectivity index (χ0n) is 10.6. The van der Waals surface area contributed by atoms with E-state index in [1.165, 1.54) is 6.07 Å². The lowest BCUT2D eigenvalue weighted by molar-refractivity contribution is -0.0409. The van der Waals surface area contributed by atoms with E-state index in [1.54, 1.807) is 12.1 Å². The van der Waals surface area contributed by atoms with Crippen molar-refractivity contribution in [1.82, 2.24) is 4.90 Å². The molecular formula is C13H19FN2O2. The molecule has 18 heavy (non-hydrogen) atoms. The van der Waals surface area contributed by atoms with E-state index in [1.807, 2.05) is 7.05 Å². The Morgan fingerprint density at radius 1 is 1.56 bits per heavy atom. The van der Waals surface area contributed by atoms with Gasteiger partial charge in [0.1, 0.15) is 12.7 Å². The van der Waals surface area contributed by atoms with Gasteiger partial charge >= 0.3 is 0 Å².